The zero-order valence-electron chi connectivity index (χ0n) is 14.4. The molecule has 0 aliphatic heterocycles. The molecule has 2 bridgehead atoms. The smallest absolute Gasteiger partial charge is 0.251 e. The Morgan fingerprint density at radius 1 is 1.29 bits per heavy atom. The van der Waals surface area contributed by atoms with Gasteiger partial charge in [-0.05, 0) is 43.9 Å². The van der Waals surface area contributed by atoms with Gasteiger partial charge in [0.05, 0.1) is 5.41 Å². The summed E-state index contributed by atoms with van der Waals surface area (Å²) in [6.45, 7) is 4.29. The monoisotopic (exact) mass is 327 g/mol. The highest BCUT2D eigenvalue weighted by Gasteiger charge is 2.72. The normalized spacial score (nSPS) is 26.6. The molecular weight excluding hydrogens is 302 g/mol. The molecule has 5 nitrogen and oxygen atoms in total. The van der Waals surface area contributed by atoms with Crippen molar-refractivity contribution < 1.29 is 9.59 Å². The molecule has 0 heterocycles. The fourth-order valence-corrected chi connectivity index (χ4v) is 3.87. The molecule has 3 fully saturated rings. The molecule has 2 N–H and O–H groups in total. The average Bonchev–Trinajstić information content (AvgIpc) is 2.49. The van der Waals surface area contributed by atoms with E-state index in [2.05, 4.69) is 17.2 Å². The van der Waals surface area contributed by atoms with Gasteiger partial charge in [-0.25, -0.2) is 0 Å². The predicted octanol–water partition coefficient (Wildman–Crippen LogP) is 2.10. The third kappa shape index (κ3) is 2.79. The van der Waals surface area contributed by atoms with E-state index in [1.807, 2.05) is 43.3 Å². The summed E-state index contributed by atoms with van der Waals surface area (Å²) in [5.41, 5.74) is 1.23. The summed E-state index contributed by atoms with van der Waals surface area (Å²) in [6.07, 6.45) is 4.83. The number of hydrogen-bond acceptors (Lipinski definition) is 3. The minimum absolute atomic E-state index is 0.0564. The van der Waals surface area contributed by atoms with Crippen molar-refractivity contribution >= 4 is 17.5 Å². The molecule has 3 aliphatic carbocycles. The summed E-state index contributed by atoms with van der Waals surface area (Å²) in [7, 11) is 3.90. The Kier molecular flexibility index (Phi) is 4.11. The zero-order chi connectivity index (χ0) is 17.4. The van der Waals surface area contributed by atoms with Crippen LogP contribution in [0.5, 0.6) is 0 Å². The molecule has 24 heavy (non-hydrogen) atoms. The van der Waals surface area contributed by atoms with Crippen LogP contribution in [0.1, 0.15) is 36.0 Å². The Morgan fingerprint density at radius 2 is 2.00 bits per heavy atom. The van der Waals surface area contributed by atoms with Crippen LogP contribution in [-0.4, -0.2) is 38.0 Å². The second-order valence-corrected chi connectivity index (χ2v) is 7.32. The highest BCUT2D eigenvalue weighted by atomic mass is 16.2. The van der Waals surface area contributed by atoms with Gasteiger partial charge < -0.3 is 15.5 Å². The number of benzene rings is 1. The second kappa shape index (κ2) is 5.96. The Morgan fingerprint density at radius 3 is 2.62 bits per heavy atom. The maximum Gasteiger partial charge on any atom is 0.251 e. The van der Waals surface area contributed by atoms with Gasteiger partial charge in [0.15, 0.2) is 0 Å². The third-order valence-corrected chi connectivity index (χ3v) is 5.15. The van der Waals surface area contributed by atoms with Crippen molar-refractivity contribution in [2.75, 3.05) is 25.5 Å². The zero-order valence-corrected chi connectivity index (χ0v) is 14.4. The van der Waals surface area contributed by atoms with Gasteiger partial charge in [-0.1, -0.05) is 12.1 Å². The Hall–Kier alpha value is -2.30. The molecule has 0 unspecified atom stereocenters. The topological polar surface area (TPSA) is 61.4 Å². The fourth-order valence-electron chi connectivity index (χ4n) is 3.87. The van der Waals surface area contributed by atoms with E-state index in [0.717, 1.165) is 31.4 Å². The Labute approximate surface area is 143 Å². The summed E-state index contributed by atoms with van der Waals surface area (Å²) in [5.74, 6) is 0.0640. The minimum atomic E-state index is -0.250. The molecule has 5 heteroatoms. The lowest BCUT2D eigenvalue weighted by molar-refractivity contribution is -0.178. The van der Waals surface area contributed by atoms with Crippen molar-refractivity contribution in [1.82, 2.24) is 10.6 Å². The van der Waals surface area contributed by atoms with Crippen LogP contribution in [0, 0.1) is 5.41 Å². The van der Waals surface area contributed by atoms with Gasteiger partial charge in [0.1, 0.15) is 0 Å². The number of amides is 2. The molecule has 3 aliphatic rings. The van der Waals surface area contributed by atoms with Crippen LogP contribution in [0.2, 0.25) is 0 Å². The molecule has 0 saturated heterocycles. The molecular formula is C19H25N3O2. The van der Waals surface area contributed by atoms with Gasteiger partial charge in [0.25, 0.3) is 5.91 Å². The quantitative estimate of drug-likeness (QED) is 0.595. The van der Waals surface area contributed by atoms with Crippen LogP contribution >= 0.6 is 0 Å². The van der Waals surface area contributed by atoms with Gasteiger partial charge in [-0.3, -0.25) is 9.59 Å². The van der Waals surface area contributed by atoms with Gasteiger partial charge in [-0.15, -0.1) is 6.58 Å². The predicted molar refractivity (Wildman–Crippen MR) is 95.1 cm³/mol. The van der Waals surface area contributed by atoms with E-state index in [4.69, 9.17) is 0 Å². The average molecular weight is 327 g/mol. The summed E-state index contributed by atoms with van der Waals surface area (Å²) < 4.78 is 0. The Bertz CT molecular complexity index is 661. The van der Waals surface area contributed by atoms with Crippen LogP contribution in [0.15, 0.2) is 36.9 Å². The largest absolute Gasteiger partial charge is 0.378 e. The van der Waals surface area contributed by atoms with E-state index in [1.165, 1.54) is 0 Å². The van der Waals surface area contributed by atoms with E-state index in [-0.39, 0.29) is 22.8 Å². The number of hydrogen-bond donors (Lipinski definition) is 2. The molecule has 1 aromatic rings. The third-order valence-electron chi connectivity index (χ3n) is 5.15. The van der Waals surface area contributed by atoms with Crippen LogP contribution in [0.3, 0.4) is 0 Å². The molecule has 2 amide bonds. The molecule has 0 aromatic heterocycles. The van der Waals surface area contributed by atoms with E-state index in [9.17, 15) is 9.59 Å². The van der Waals surface area contributed by atoms with Crippen molar-refractivity contribution in [3.63, 3.8) is 0 Å². The van der Waals surface area contributed by atoms with Crippen molar-refractivity contribution in [2.24, 2.45) is 5.41 Å². The van der Waals surface area contributed by atoms with Crippen LogP contribution < -0.4 is 15.5 Å². The van der Waals surface area contributed by atoms with E-state index < -0.39 is 0 Å². The maximum absolute atomic E-state index is 12.5. The lowest BCUT2D eigenvalue weighted by Gasteiger charge is -2.69. The van der Waals surface area contributed by atoms with Gasteiger partial charge in [-0.2, -0.15) is 0 Å². The number of nitrogens with zero attached hydrogens (tertiary/aromatic N) is 1. The molecule has 0 atom stereocenters. The summed E-state index contributed by atoms with van der Waals surface area (Å²) in [6, 6.07) is 7.57. The van der Waals surface area contributed by atoms with Crippen LogP contribution in [-0.2, 0) is 4.79 Å². The lowest BCUT2D eigenvalue weighted by Crippen LogP contribution is -2.78. The second-order valence-electron chi connectivity index (χ2n) is 7.32. The molecule has 1 aromatic carbocycles. The number of nitrogens with one attached hydrogen (secondary N) is 2. The highest BCUT2D eigenvalue weighted by Crippen LogP contribution is 2.67. The first-order chi connectivity index (χ1) is 11.4. The molecule has 128 valence electrons. The van der Waals surface area contributed by atoms with E-state index in [0.29, 0.717) is 12.1 Å². The lowest BCUT2D eigenvalue weighted by atomic mass is 9.39. The van der Waals surface area contributed by atoms with E-state index in [1.54, 1.807) is 6.08 Å². The summed E-state index contributed by atoms with van der Waals surface area (Å²) in [5, 5.41) is 6.09. The summed E-state index contributed by atoms with van der Waals surface area (Å²) in [4.78, 5) is 26.7. The molecule has 0 spiro atoms. The first kappa shape index (κ1) is 16.6. The van der Waals surface area contributed by atoms with Crippen molar-refractivity contribution in [3.8, 4) is 0 Å². The van der Waals surface area contributed by atoms with Crippen LogP contribution in [0.4, 0.5) is 5.69 Å². The van der Waals surface area contributed by atoms with Crippen molar-refractivity contribution in [3.05, 3.63) is 42.5 Å². The summed E-state index contributed by atoms with van der Waals surface area (Å²) >= 11 is 0. The van der Waals surface area contributed by atoms with Gasteiger partial charge in [0, 0.05) is 37.4 Å². The maximum atomic E-state index is 12.5. The van der Waals surface area contributed by atoms with Gasteiger partial charge >= 0.3 is 0 Å². The SMILES string of the molecule is C=CCCNC(=O)C12CC(NC(=O)c3cccc(N(C)C)c3)(C1)C2. The fraction of sp³-hybridized carbons (Fsp3) is 0.474. The van der Waals surface area contributed by atoms with Crippen molar-refractivity contribution in [1.29, 1.82) is 0 Å². The Balaban J connectivity index is 1.54. The van der Waals surface area contributed by atoms with E-state index >= 15 is 0 Å². The number of anilines is 1. The molecule has 4 rings (SSSR count). The first-order valence-electron chi connectivity index (χ1n) is 8.39. The van der Waals surface area contributed by atoms with Crippen molar-refractivity contribution in [2.45, 2.75) is 31.2 Å². The number of carbonyl (C=O) groups excluding carboxylic acids is 2. The van der Waals surface area contributed by atoms with Crippen LogP contribution in [0.25, 0.3) is 0 Å². The number of carbonyl (C=O) groups is 2. The molecule has 0 radical (unpaired) electrons. The number of rotatable bonds is 7. The molecule has 3 saturated carbocycles. The standard InChI is InChI=1S/C19H25N3O2/c1-4-5-9-20-17(24)18-11-19(12-18,13-18)21-16(23)14-7-6-8-15(10-14)22(2)3/h4,6-8,10H,1,5,9,11-13H2,2-3H3,(H,20,24)(H,21,23). The highest BCUT2D eigenvalue weighted by molar-refractivity contribution is 5.97. The van der Waals surface area contributed by atoms with Gasteiger partial charge in [0.2, 0.25) is 5.91 Å². The minimum Gasteiger partial charge on any atom is -0.378 e. The first-order valence-corrected chi connectivity index (χ1v) is 8.39.